The number of nitrogens with two attached hydrogens (primary N) is 1. The highest BCUT2D eigenvalue weighted by molar-refractivity contribution is 5.89. The molecule has 226 valence electrons. The van der Waals surface area contributed by atoms with E-state index in [0.717, 1.165) is 11.1 Å². The van der Waals surface area contributed by atoms with Gasteiger partial charge in [-0.15, -0.1) is 0 Å². The number of methoxy groups -OCH3 is 1. The van der Waals surface area contributed by atoms with Crippen molar-refractivity contribution >= 4 is 34.8 Å². The Balaban J connectivity index is 1.66. The molecule has 3 aromatic carbocycles. The molecule has 0 radical (unpaired) electrons. The molecule has 0 unspecified atom stereocenters. The predicted octanol–water partition coefficient (Wildman–Crippen LogP) is 6.41. The van der Waals surface area contributed by atoms with Crippen molar-refractivity contribution in [2.45, 2.75) is 39.5 Å². The molecule has 10 heteroatoms. The fourth-order valence-corrected chi connectivity index (χ4v) is 4.30. The first-order valence-electron chi connectivity index (χ1n) is 14.1. The van der Waals surface area contributed by atoms with Gasteiger partial charge in [0.2, 0.25) is 0 Å². The molecule has 0 aliphatic carbocycles. The number of hydrogen-bond donors (Lipinski definition) is 2. The van der Waals surface area contributed by atoms with Crippen LogP contribution in [0.3, 0.4) is 0 Å². The van der Waals surface area contributed by atoms with E-state index in [9.17, 15) is 4.79 Å². The fourth-order valence-electron chi connectivity index (χ4n) is 4.30. The number of benzene rings is 3. The van der Waals surface area contributed by atoms with Gasteiger partial charge < -0.3 is 30.2 Å². The summed E-state index contributed by atoms with van der Waals surface area (Å²) >= 11 is 0. The van der Waals surface area contributed by atoms with Gasteiger partial charge in [0.25, 0.3) is 0 Å². The molecule has 1 amide bonds. The van der Waals surface area contributed by atoms with Crippen LogP contribution in [0.25, 0.3) is 0 Å². The lowest BCUT2D eigenvalue weighted by atomic mass is 10.1. The number of carbonyl (C=O) groups is 1. The van der Waals surface area contributed by atoms with Gasteiger partial charge in [0.05, 0.1) is 12.3 Å². The summed E-state index contributed by atoms with van der Waals surface area (Å²) in [5.41, 5.74) is 9.91. The lowest BCUT2D eigenvalue weighted by molar-refractivity contribution is 0.0589. The molecule has 10 nitrogen and oxygen atoms in total. The van der Waals surface area contributed by atoms with Crippen molar-refractivity contribution in [1.82, 2.24) is 9.97 Å². The minimum Gasteiger partial charge on any atom is -0.491 e. The molecule has 1 heterocycles. The zero-order valence-corrected chi connectivity index (χ0v) is 25.4. The number of hydrogen-bond acceptors (Lipinski definition) is 9. The molecule has 0 saturated heterocycles. The van der Waals surface area contributed by atoms with Gasteiger partial charge in [-0.05, 0) is 38.0 Å². The van der Waals surface area contributed by atoms with Crippen LogP contribution in [0.15, 0.2) is 85.2 Å². The Bertz CT molecular complexity index is 1440. The summed E-state index contributed by atoms with van der Waals surface area (Å²) in [5, 5.41) is 3.32. The standard InChI is InChI=1S/C33H40N6O4/c1-33(2,3)43-32(40)38(4)27-18-26(19-28(20-27)42-17-16-41-5)37-30-29(34)31(36-23-35-30)39(21-24-12-8-6-9-13-24)22-25-14-10-7-11-15-25/h6-15,18-20,23H,16-17,21-22,34H2,1-5H3,(H,35,36,37). The molecular formula is C33H40N6O4. The van der Waals surface area contributed by atoms with Crippen molar-refractivity contribution in [2.75, 3.05) is 48.2 Å². The summed E-state index contributed by atoms with van der Waals surface area (Å²) in [6.45, 7) is 7.42. The van der Waals surface area contributed by atoms with Crippen LogP contribution in [0.5, 0.6) is 5.75 Å². The topological polar surface area (TPSA) is 115 Å². The van der Waals surface area contributed by atoms with Crippen molar-refractivity contribution in [3.63, 3.8) is 0 Å². The first-order chi connectivity index (χ1) is 20.6. The number of amides is 1. The molecule has 1 aromatic heterocycles. The van der Waals surface area contributed by atoms with E-state index < -0.39 is 11.7 Å². The van der Waals surface area contributed by atoms with E-state index in [1.54, 1.807) is 26.3 Å². The Morgan fingerprint density at radius 3 is 2.12 bits per heavy atom. The summed E-state index contributed by atoms with van der Waals surface area (Å²) in [6, 6.07) is 25.7. The lowest BCUT2D eigenvalue weighted by Crippen LogP contribution is -2.34. The molecule has 43 heavy (non-hydrogen) atoms. The third kappa shape index (κ3) is 9.08. The predicted molar refractivity (Wildman–Crippen MR) is 171 cm³/mol. The highest BCUT2D eigenvalue weighted by Gasteiger charge is 2.22. The minimum atomic E-state index is -0.643. The number of carbonyl (C=O) groups excluding carboxylic acids is 1. The number of nitrogen functional groups attached to an aromatic ring is 1. The SMILES string of the molecule is COCCOc1cc(Nc2ncnc(N(Cc3ccccc3)Cc3ccccc3)c2N)cc(N(C)C(=O)OC(C)(C)C)c1. The Hall–Kier alpha value is -4.83. The van der Waals surface area contributed by atoms with E-state index in [2.05, 4.69) is 44.5 Å². The first kappa shape index (κ1) is 31.1. The van der Waals surface area contributed by atoms with E-state index in [1.165, 1.54) is 11.2 Å². The van der Waals surface area contributed by atoms with E-state index in [-0.39, 0.29) is 0 Å². The maximum absolute atomic E-state index is 12.9. The number of nitrogens with zero attached hydrogens (tertiary/aromatic N) is 4. The van der Waals surface area contributed by atoms with E-state index in [4.69, 9.17) is 19.9 Å². The summed E-state index contributed by atoms with van der Waals surface area (Å²) in [7, 11) is 3.26. The molecule has 4 aromatic rings. The number of nitrogens with one attached hydrogen (secondary N) is 1. The van der Waals surface area contributed by atoms with Crippen LogP contribution in [0, 0.1) is 0 Å². The quantitative estimate of drug-likeness (QED) is 0.182. The van der Waals surface area contributed by atoms with Crippen molar-refractivity contribution in [2.24, 2.45) is 0 Å². The van der Waals surface area contributed by atoms with Crippen LogP contribution in [0.1, 0.15) is 31.9 Å². The molecular weight excluding hydrogens is 544 g/mol. The maximum atomic E-state index is 12.9. The van der Waals surface area contributed by atoms with Gasteiger partial charge in [-0.1, -0.05) is 60.7 Å². The van der Waals surface area contributed by atoms with Gasteiger partial charge in [0.1, 0.15) is 30.0 Å². The third-order valence-electron chi connectivity index (χ3n) is 6.36. The number of anilines is 5. The molecule has 0 spiro atoms. The molecule has 4 rings (SSSR count). The van der Waals surface area contributed by atoms with Gasteiger partial charge >= 0.3 is 6.09 Å². The van der Waals surface area contributed by atoms with Gasteiger partial charge in [0.15, 0.2) is 11.6 Å². The fraction of sp³-hybridized carbons (Fsp3) is 0.303. The Labute approximate surface area is 253 Å². The summed E-state index contributed by atoms with van der Waals surface area (Å²) in [4.78, 5) is 25.4. The molecule has 0 atom stereocenters. The lowest BCUT2D eigenvalue weighted by Gasteiger charge is -2.26. The molecule has 3 N–H and O–H groups in total. The maximum Gasteiger partial charge on any atom is 0.414 e. The van der Waals surface area contributed by atoms with E-state index in [0.29, 0.717) is 60.8 Å². The zero-order valence-electron chi connectivity index (χ0n) is 25.4. The highest BCUT2D eigenvalue weighted by Crippen LogP contribution is 2.34. The van der Waals surface area contributed by atoms with Crippen LogP contribution in [-0.2, 0) is 22.6 Å². The van der Waals surface area contributed by atoms with Gasteiger partial charge in [-0.2, -0.15) is 0 Å². The van der Waals surface area contributed by atoms with E-state index in [1.807, 2.05) is 63.2 Å². The average molecular weight is 585 g/mol. The Kier molecular flexibility index (Phi) is 10.4. The second kappa shape index (κ2) is 14.4. The van der Waals surface area contributed by atoms with Crippen molar-refractivity contribution in [1.29, 1.82) is 0 Å². The van der Waals surface area contributed by atoms with Crippen LogP contribution >= 0.6 is 0 Å². The van der Waals surface area contributed by atoms with Crippen LogP contribution in [0.2, 0.25) is 0 Å². The van der Waals surface area contributed by atoms with Crippen molar-refractivity contribution in [3.8, 4) is 5.75 Å². The summed E-state index contributed by atoms with van der Waals surface area (Å²) in [6.07, 6.45) is 0.998. The average Bonchev–Trinajstić information content (AvgIpc) is 2.98. The Morgan fingerprint density at radius 1 is 0.907 bits per heavy atom. The largest absolute Gasteiger partial charge is 0.491 e. The van der Waals surface area contributed by atoms with Gasteiger partial charge in [-0.25, -0.2) is 14.8 Å². The Morgan fingerprint density at radius 2 is 1.53 bits per heavy atom. The molecule has 0 aliphatic heterocycles. The molecule has 0 aliphatic rings. The second-order valence-corrected chi connectivity index (χ2v) is 11.0. The van der Waals surface area contributed by atoms with Crippen molar-refractivity contribution in [3.05, 3.63) is 96.3 Å². The smallest absolute Gasteiger partial charge is 0.414 e. The van der Waals surface area contributed by atoms with Crippen LogP contribution in [0.4, 0.5) is 33.5 Å². The first-order valence-corrected chi connectivity index (χ1v) is 14.1. The summed E-state index contributed by atoms with van der Waals surface area (Å²) < 4.78 is 16.6. The molecule has 0 saturated carbocycles. The van der Waals surface area contributed by atoms with Crippen molar-refractivity contribution < 1.29 is 19.0 Å². The molecule has 0 fully saturated rings. The zero-order chi connectivity index (χ0) is 30.8. The van der Waals surface area contributed by atoms with Crippen LogP contribution < -0.4 is 25.6 Å². The van der Waals surface area contributed by atoms with Crippen LogP contribution in [-0.4, -0.2) is 49.0 Å². The third-order valence-corrected chi connectivity index (χ3v) is 6.36. The van der Waals surface area contributed by atoms with E-state index >= 15 is 0 Å². The monoisotopic (exact) mass is 584 g/mol. The number of aromatic nitrogens is 2. The van der Waals surface area contributed by atoms with Gasteiger partial charge in [-0.3, -0.25) is 4.90 Å². The summed E-state index contributed by atoms with van der Waals surface area (Å²) in [5.74, 6) is 1.56. The van der Waals surface area contributed by atoms with Gasteiger partial charge in [0, 0.05) is 45.1 Å². The highest BCUT2D eigenvalue weighted by atomic mass is 16.6. The normalized spacial score (nSPS) is 11.1. The molecule has 0 bridgehead atoms. The second-order valence-electron chi connectivity index (χ2n) is 11.0. The number of ether oxygens (including phenoxy) is 3. The number of rotatable bonds is 12. The minimum absolute atomic E-state index is 0.337.